The van der Waals surface area contributed by atoms with Gasteiger partial charge in [0.25, 0.3) is 0 Å². The van der Waals surface area contributed by atoms with E-state index < -0.39 is 0 Å². The molecule has 0 bridgehead atoms. The molecule has 0 saturated carbocycles. The molecule has 5 heteroatoms. The van der Waals surface area contributed by atoms with Crippen LogP contribution in [0.1, 0.15) is 11.3 Å². The van der Waals surface area contributed by atoms with Crippen LogP contribution in [-0.2, 0) is 19.4 Å². The van der Waals surface area contributed by atoms with E-state index >= 15 is 0 Å². The largest absolute Gasteiger partial charge is 0.493 e. The second-order valence-corrected chi connectivity index (χ2v) is 7.72. The first-order chi connectivity index (χ1) is 14.8. The number of ether oxygens (including phenoxy) is 4. The summed E-state index contributed by atoms with van der Waals surface area (Å²) in [6.45, 7) is 5.19. The smallest absolute Gasteiger partial charge is 0.231 e. The number of hydrogen-bond acceptors (Lipinski definition) is 4. The summed E-state index contributed by atoms with van der Waals surface area (Å²) in [7, 11) is 3.38. The molecule has 0 aliphatic carbocycles. The fraction of sp³-hybridized carbons (Fsp3) is 0.240. The molecule has 0 N–H and O–H groups in total. The molecule has 150 valence electrons. The molecule has 0 spiro atoms. The lowest BCUT2D eigenvalue weighted by Crippen LogP contribution is -2.42. The Morgan fingerprint density at radius 2 is 1.87 bits per heavy atom. The highest BCUT2D eigenvalue weighted by Crippen LogP contribution is 2.46. The van der Waals surface area contributed by atoms with E-state index in [9.17, 15) is 0 Å². The summed E-state index contributed by atoms with van der Waals surface area (Å²) < 4.78 is 25.4. The van der Waals surface area contributed by atoms with Gasteiger partial charge in [0, 0.05) is 17.2 Å². The minimum atomic E-state index is 0.280. The highest BCUT2D eigenvalue weighted by Gasteiger charge is 2.32. The van der Waals surface area contributed by atoms with Crippen LogP contribution in [0.3, 0.4) is 0 Å². The third kappa shape index (κ3) is 2.09. The predicted molar refractivity (Wildman–Crippen MR) is 116 cm³/mol. The lowest BCUT2D eigenvalue weighted by molar-refractivity contribution is -0.676. The highest BCUT2D eigenvalue weighted by atomic mass is 16.7. The third-order valence-corrected chi connectivity index (χ3v) is 6.35. The van der Waals surface area contributed by atoms with Crippen LogP contribution in [0.4, 0.5) is 0 Å². The summed E-state index contributed by atoms with van der Waals surface area (Å²) in [5.41, 5.74) is 3.74. The van der Waals surface area contributed by atoms with Crippen molar-refractivity contribution in [3.63, 3.8) is 0 Å². The van der Waals surface area contributed by atoms with Crippen LogP contribution in [0.2, 0.25) is 0 Å². The number of methoxy groups -OCH3 is 2. The molecule has 3 aromatic carbocycles. The minimum Gasteiger partial charge on any atom is -0.493 e. The topological polar surface area (TPSA) is 40.8 Å². The molecule has 4 aromatic rings. The van der Waals surface area contributed by atoms with E-state index in [0.717, 1.165) is 58.5 Å². The average molecular weight is 400 g/mol. The fourth-order valence-corrected chi connectivity index (χ4v) is 5.17. The van der Waals surface area contributed by atoms with Crippen molar-refractivity contribution in [1.82, 2.24) is 0 Å². The van der Waals surface area contributed by atoms with Gasteiger partial charge in [-0.2, -0.15) is 4.57 Å². The Kier molecular flexibility index (Phi) is 3.63. The number of aryl methyl sites for hydroxylation is 2. The van der Waals surface area contributed by atoms with Gasteiger partial charge in [-0.25, -0.2) is 0 Å². The zero-order valence-electron chi connectivity index (χ0n) is 17.1. The Hall–Kier alpha value is -3.47. The second-order valence-electron chi connectivity index (χ2n) is 7.72. The maximum absolute atomic E-state index is 5.84. The summed E-state index contributed by atoms with van der Waals surface area (Å²) in [5, 5.41) is 5.82. The number of hydrogen-bond donors (Lipinski definition) is 0. The van der Waals surface area contributed by atoms with E-state index in [4.69, 9.17) is 18.9 Å². The molecular weight excluding hydrogens is 378 g/mol. The lowest BCUT2D eigenvalue weighted by Gasteiger charge is -2.20. The molecule has 3 heterocycles. The molecular formula is C25H22NO4+. The van der Waals surface area contributed by atoms with E-state index in [1.807, 2.05) is 12.1 Å². The summed E-state index contributed by atoms with van der Waals surface area (Å²) >= 11 is 0. The maximum Gasteiger partial charge on any atom is 0.231 e. The Balaban J connectivity index is 1.87. The average Bonchev–Trinajstić information content (AvgIpc) is 3.26. The third-order valence-electron chi connectivity index (χ3n) is 6.35. The normalized spacial score (nSPS) is 14.1. The number of fused-ring (bicyclic) bond motifs is 4. The van der Waals surface area contributed by atoms with Crippen molar-refractivity contribution in [3.05, 3.63) is 54.2 Å². The molecule has 30 heavy (non-hydrogen) atoms. The molecule has 0 unspecified atom stereocenters. The van der Waals surface area contributed by atoms with Crippen molar-refractivity contribution >= 4 is 32.4 Å². The van der Waals surface area contributed by atoms with E-state index in [2.05, 4.69) is 35.4 Å². The fourth-order valence-electron chi connectivity index (χ4n) is 5.17. The van der Waals surface area contributed by atoms with Gasteiger partial charge in [-0.1, -0.05) is 6.08 Å². The van der Waals surface area contributed by atoms with Gasteiger partial charge in [-0.3, -0.25) is 0 Å². The molecule has 6 rings (SSSR count). The van der Waals surface area contributed by atoms with Crippen molar-refractivity contribution in [3.8, 4) is 23.0 Å². The first-order valence-electron chi connectivity index (χ1n) is 10.1. The number of pyridine rings is 1. The summed E-state index contributed by atoms with van der Waals surface area (Å²) in [6, 6.07) is 10.6. The van der Waals surface area contributed by atoms with Gasteiger partial charge in [0.2, 0.25) is 12.3 Å². The van der Waals surface area contributed by atoms with Crippen LogP contribution >= 0.6 is 0 Å². The molecule has 0 fully saturated rings. The molecule has 1 aromatic heterocycles. The molecule has 5 nitrogen and oxygen atoms in total. The van der Waals surface area contributed by atoms with Crippen molar-refractivity contribution in [2.24, 2.45) is 0 Å². The summed E-state index contributed by atoms with van der Waals surface area (Å²) in [5.74, 6) is 3.21. The minimum absolute atomic E-state index is 0.280. The zero-order valence-corrected chi connectivity index (χ0v) is 17.1. The molecule has 0 radical (unpaired) electrons. The van der Waals surface area contributed by atoms with Gasteiger partial charge in [0.1, 0.15) is 0 Å². The van der Waals surface area contributed by atoms with Crippen molar-refractivity contribution in [2.45, 2.75) is 19.4 Å². The molecule has 0 amide bonds. The Labute approximate surface area is 174 Å². The summed E-state index contributed by atoms with van der Waals surface area (Å²) in [6.07, 6.45) is 3.64. The Morgan fingerprint density at radius 3 is 2.67 bits per heavy atom. The van der Waals surface area contributed by atoms with Crippen LogP contribution in [0.15, 0.2) is 43.0 Å². The number of benzene rings is 3. The number of aromatic nitrogens is 1. The van der Waals surface area contributed by atoms with E-state index in [1.165, 1.54) is 27.5 Å². The van der Waals surface area contributed by atoms with E-state index in [-0.39, 0.29) is 6.79 Å². The monoisotopic (exact) mass is 400 g/mol. The SMILES string of the molecule is C=CCc1c2c(OC)c(OC)ccc2c2ccc3c4c(cc5c3c2[n+]1CC5)OCO4. The first kappa shape index (κ1) is 17.4. The quantitative estimate of drug-likeness (QED) is 0.288. The second kappa shape index (κ2) is 6.26. The highest BCUT2D eigenvalue weighted by molar-refractivity contribution is 6.17. The van der Waals surface area contributed by atoms with Gasteiger partial charge in [-0.05, 0) is 35.9 Å². The summed E-state index contributed by atoms with van der Waals surface area (Å²) in [4.78, 5) is 0. The van der Waals surface area contributed by atoms with Crippen molar-refractivity contribution in [1.29, 1.82) is 0 Å². The van der Waals surface area contributed by atoms with Crippen LogP contribution in [0, 0.1) is 0 Å². The van der Waals surface area contributed by atoms with Gasteiger partial charge >= 0.3 is 0 Å². The van der Waals surface area contributed by atoms with Crippen LogP contribution < -0.4 is 23.5 Å². The Bertz CT molecular complexity index is 1390. The van der Waals surface area contributed by atoms with E-state index in [0.29, 0.717) is 0 Å². The molecule has 0 atom stereocenters. The van der Waals surface area contributed by atoms with Crippen LogP contribution in [0.25, 0.3) is 32.4 Å². The maximum atomic E-state index is 5.84. The van der Waals surface area contributed by atoms with Crippen LogP contribution in [0.5, 0.6) is 23.0 Å². The van der Waals surface area contributed by atoms with E-state index in [1.54, 1.807) is 14.2 Å². The standard InChI is InChI=1S/C25H22NO4/c1-4-5-18-22-15(8-9-19(27-2)25(22)28-3)16-6-7-17-21-14(10-11-26(18)23(16)21)12-20-24(17)30-13-29-20/h4,6-9,12H,1,5,10-11,13H2,2-3H3/q+1. The first-order valence-corrected chi connectivity index (χ1v) is 10.1. The zero-order chi connectivity index (χ0) is 20.4. The van der Waals surface area contributed by atoms with Gasteiger partial charge < -0.3 is 18.9 Å². The number of rotatable bonds is 4. The number of allylic oxidation sites excluding steroid dienone is 1. The molecule has 0 saturated heterocycles. The van der Waals surface area contributed by atoms with Crippen molar-refractivity contribution < 1.29 is 23.5 Å². The van der Waals surface area contributed by atoms with Gasteiger partial charge in [-0.15, -0.1) is 6.58 Å². The molecule has 2 aliphatic rings. The number of nitrogens with zero attached hydrogens (tertiary/aromatic N) is 1. The van der Waals surface area contributed by atoms with Gasteiger partial charge in [0.15, 0.2) is 35.2 Å². The van der Waals surface area contributed by atoms with Crippen molar-refractivity contribution in [2.75, 3.05) is 21.0 Å². The molecule has 2 aliphatic heterocycles. The predicted octanol–water partition coefficient (Wildman–Crippen LogP) is 4.46. The van der Waals surface area contributed by atoms with Gasteiger partial charge in [0.05, 0.1) is 36.8 Å². The lowest BCUT2D eigenvalue weighted by atomic mass is 9.91. The van der Waals surface area contributed by atoms with Crippen LogP contribution in [-0.4, -0.2) is 21.0 Å². The Morgan fingerprint density at radius 1 is 1.03 bits per heavy atom.